The summed E-state index contributed by atoms with van der Waals surface area (Å²) < 4.78 is 26.4. The fraction of sp³-hybridized carbons (Fsp3) is 0.632. The predicted molar refractivity (Wildman–Crippen MR) is 111 cm³/mol. The van der Waals surface area contributed by atoms with E-state index in [1.165, 1.54) is 4.31 Å². The first-order valence-corrected chi connectivity index (χ1v) is 10.9. The molecule has 0 aromatic heterocycles. The first kappa shape index (κ1) is 23.9. The van der Waals surface area contributed by atoms with Crippen molar-refractivity contribution in [1.82, 2.24) is 9.62 Å². The van der Waals surface area contributed by atoms with Gasteiger partial charge in [-0.1, -0.05) is 38.8 Å². The SMILES string of the molecule is CCN(CC)S(=O)(=O)c1ccc(CCC(=O)NC2(CN)CCCC2)cc1.Cl. The summed E-state index contributed by atoms with van der Waals surface area (Å²) in [6.07, 6.45) is 5.09. The van der Waals surface area contributed by atoms with E-state index < -0.39 is 10.0 Å². The number of halogens is 1. The number of nitrogens with one attached hydrogen (secondary N) is 1. The molecule has 1 aliphatic carbocycles. The summed E-state index contributed by atoms with van der Waals surface area (Å²) in [6.45, 7) is 5.03. The molecule has 0 saturated heterocycles. The van der Waals surface area contributed by atoms with Gasteiger partial charge in [0.15, 0.2) is 0 Å². The van der Waals surface area contributed by atoms with Gasteiger partial charge < -0.3 is 11.1 Å². The molecule has 0 unspecified atom stereocenters. The molecule has 1 saturated carbocycles. The summed E-state index contributed by atoms with van der Waals surface area (Å²) in [5, 5.41) is 3.11. The Morgan fingerprint density at radius 2 is 1.70 bits per heavy atom. The van der Waals surface area contributed by atoms with Crippen molar-refractivity contribution in [3.8, 4) is 0 Å². The van der Waals surface area contributed by atoms with E-state index in [4.69, 9.17) is 5.73 Å². The molecule has 27 heavy (non-hydrogen) atoms. The normalized spacial score (nSPS) is 16.1. The van der Waals surface area contributed by atoms with Gasteiger partial charge in [0.1, 0.15) is 0 Å². The van der Waals surface area contributed by atoms with E-state index in [1.807, 2.05) is 13.8 Å². The molecule has 0 aliphatic heterocycles. The minimum absolute atomic E-state index is 0. The molecule has 2 rings (SSSR count). The zero-order valence-corrected chi connectivity index (χ0v) is 17.9. The summed E-state index contributed by atoms with van der Waals surface area (Å²) in [5.41, 5.74) is 6.58. The van der Waals surface area contributed by atoms with Crippen molar-refractivity contribution in [2.45, 2.75) is 62.8 Å². The van der Waals surface area contributed by atoms with Crippen molar-refractivity contribution < 1.29 is 13.2 Å². The van der Waals surface area contributed by atoms with Crippen molar-refractivity contribution in [1.29, 1.82) is 0 Å². The second-order valence-corrected chi connectivity index (χ2v) is 8.91. The molecule has 1 aromatic carbocycles. The predicted octanol–water partition coefficient (Wildman–Crippen LogP) is 2.46. The zero-order chi connectivity index (χ0) is 19.2. The monoisotopic (exact) mass is 417 g/mol. The van der Waals surface area contributed by atoms with E-state index in [2.05, 4.69) is 5.32 Å². The smallest absolute Gasteiger partial charge is 0.243 e. The van der Waals surface area contributed by atoms with Gasteiger partial charge in [0.2, 0.25) is 15.9 Å². The van der Waals surface area contributed by atoms with Gasteiger partial charge in [-0.05, 0) is 37.0 Å². The van der Waals surface area contributed by atoms with Crippen LogP contribution in [0.1, 0.15) is 51.5 Å². The number of hydrogen-bond acceptors (Lipinski definition) is 4. The molecular formula is C19H32ClN3O3S. The van der Waals surface area contributed by atoms with Crippen LogP contribution in [0.5, 0.6) is 0 Å². The van der Waals surface area contributed by atoms with Crippen LogP contribution in [0.15, 0.2) is 29.2 Å². The average molecular weight is 418 g/mol. The lowest BCUT2D eigenvalue weighted by Crippen LogP contribution is -2.51. The van der Waals surface area contributed by atoms with E-state index in [-0.39, 0.29) is 23.9 Å². The first-order chi connectivity index (χ1) is 12.4. The van der Waals surface area contributed by atoms with Crippen LogP contribution in [0, 0.1) is 0 Å². The van der Waals surface area contributed by atoms with Crippen LogP contribution in [0.4, 0.5) is 0 Å². The molecule has 1 aliphatic rings. The highest BCUT2D eigenvalue weighted by Gasteiger charge is 2.33. The number of carbonyl (C=O) groups excluding carboxylic acids is 1. The third-order valence-electron chi connectivity index (χ3n) is 5.26. The van der Waals surface area contributed by atoms with Crippen molar-refractivity contribution in [2.75, 3.05) is 19.6 Å². The second kappa shape index (κ2) is 10.4. The molecule has 0 spiro atoms. The van der Waals surface area contributed by atoms with Crippen LogP contribution >= 0.6 is 12.4 Å². The van der Waals surface area contributed by atoms with Gasteiger partial charge in [-0.2, -0.15) is 4.31 Å². The topological polar surface area (TPSA) is 92.5 Å². The molecule has 0 radical (unpaired) electrons. The van der Waals surface area contributed by atoms with Crippen molar-refractivity contribution >= 4 is 28.3 Å². The second-order valence-electron chi connectivity index (χ2n) is 6.97. The lowest BCUT2D eigenvalue weighted by Gasteiger charge is -2.28. The van der Waals surface area contributed by atoms with Gasteiger partial charge in [-0.25, -0.2) is 8.42 Å². The molecule has 0 bridgehead atoms. The lowest BCUT2D eigenvalue weighted by molar-refractivity contribution is -0.122. The minimum atomic E-state index is -3.44. The zero-order valence-electron chi connectivity index (χ0n) is 16.2. The number of nitrogens with two attached hydrogens (primary N) is 1. The fourth-order valence-electron chi connectivity index (χ4n) is 3.59. The van der Waals surface area contributed by atoms with E-state index >= 15 is 0 Å². The molecule has 8 heteroatoms. The third-order valence-corrected chi connectivity index (χ3v) is 7.33. The largest absolute Gasteiger partial charge is 0.349 e. The first-order valence-electron chi connectivity index (χ1n) is 9.47. The Labute approximate surface area is 169 Å². The molecule has 1 amide bonds. The van der Waals surface area contributed by atoms with E-state index in [0.717, 1.165) is 31.2 Å². The number of carbonyl (C=O) groups is 1. The van der Waals surface area contributed by atoms with Gasteiger partial charge in [0.05, 0.1) is 10.4 Å². The van der Waals surface area contributed by atoms with Crippen molar-refractivity contribution in [2.24, 2.45) is 5.73 Å². The van der Waals surface area contributed by atoms with Crippen LogP contribution < -0.4 is 11.1 Å². The molecule has 1 fully saturated rings. The summed E-state index contributed by atoms with van der Waals surface area (Å²) in [6, 6.07) is 6.83. The van der Waals surface area contributed by atoms with Crippen LogP contribution in [0.3, 0.4) is 0 Å². The third kappa shape index (κ3) is 5.91. The summed E-state index contributed by atoms with van der Waals surface area (Å²) in [4.78, 5) is 12.6. The highest BCUT2D eigenvalue weighted by molar-refractivity contribution is 7.89. The van der Waals surface area contributed by atoms with E-state index in [1.54, 1.807) is 24.3 Å². The highest BCUT2D eigenvalue weighted by atomic mass is 35.5. The Bertz CT molecular complexity index is 697. The number of aryl methyl sites for hydroxylation is 1. The van der Waals surface area contributed by atoms with Crippen LogP contribution in [0.2, 0.25) is 0 Å². The van der Waals surface area contributed by atoms with Crippen LogP contribution in [-0.4, -0.2) is 43.8 Å². The van der Waals surface area contributed by atoms with Gasteiger partial charge >= 0.3 is 0 Å². The molecule has 0 heterocycles. The highest BCUT2D eigenvalue weighted by Crippen LogP contribution is 2.28. The Kier molecular flexibility index (Phi) is 9.21. The number of sulfonamides is 1. The summed E-state index contributed by atoms with van der Waals surface area (Å²) in [7, 11) is -3.44. The van der Waals surface area contributed by atoms with Crippen LogP contribution in [0.25, 0.3) is 0 Å². The minimum Gasteiger partial charge on any atom is -0.349 e. The number of rotatable bonds is 9. The Balaban J connectivity index is 0.00000364. The van der Waals surface area contributed by atoms with Crippen molar-refractivity contribution in [3.63, 3.8) is 0 Å². The fourth-order valence-corrected chi connectivity index (χ4v) is 5.05. The number of hydrogen-bond donors (Lipinski definition) is 2. The van der Waals surface area contributed by atoms with Gasteiger partial charge in [0.25, 0.3) is 0 Å². The number of nitrogens with zero attached hydrogens (tertiary/aromatic N) is 1. The standard InChI is InChI=1S/C19H31N3O3S.ClH/c1-3-22(4-2)26(24,25)17-10-7-16(8-11-17)9-12-18(23)21-19(15-20)13-5-6-14-19;/h7-8,10-11H,3-6,9,12-15,20H2,1-2H3,(H,21,23);1H. The Morgan fingerprint density at radius 1 is 1.15 bits per heavy atom. The maximum Gasteiger partial charge on any atom is 0.243 e. The molecule has 6 nitrogen and oxygen atoms in total. The maximum atomic E-state index is 12.5. The lowest BCUT2D eigenvalue weighted by atomic mass is 9.97. The Morgan fingerprint density at radius 3 is 2.19 bits per heavy atom. The molecule has 3 N–H and O–H groups in total. The molecule has 0 atom stereocenters. The average Bonchev–Trinajstić information content (AvgIpc) is 3.10. The number of benzene rings is 1. The molecular weight excluding hydrogens is 386 g/mol. The molecule has 154 valence electrons. The van der Waals surface area contributed by atoms with Gasteiger partial charge in [0, 0.05) is 26.1 Å². The van der Waals surface area contributed by atoms with E-state index in [0.29, 0.717) is 37.4 Å². The van der Waals surface area contributed by atoms with Crippen LogP contribution in [-0.2, 0) is 21.2 Å². The quantitative estimate of drug-likeness (QED) is 0.645. The summed E-state index contributed by atoms with van der Waals surface area (Å²) in [5.74, 6) is 0.0113. The van der Waals surface area contributed by atoms with Crippen molar-refractivity contribution in [3.05, 3.63) is 29.8 Å². The maximum absolute atomic E-state index is 12.5. The van der Waals surface area contributed by atoms with E-state index in [9.17, 15) is 13.2 Å². The van der Waals surface area contributed by atoms with Gasteiger partial charge in [-0.3, -0.25) is 4.79 Å². The summed E-state index contributed by atoms with van der Waals surface area (Å²) >= 11 is 0. The number of amides is 1. The van der Waals surface area contributed by atoms with Gasteiger partial charge in [-0.15, -0.1) is 12.4 Å². The molecule has 1 aromatic rings. The Hall–Kier alpha value is -1.15.